The summed E-state index contributed by atoms with van der Waals surface area (Å²) in [4.78, 5) is 0. The number of fused-ring (bicyclic) bond motifs is 1. The fraction of sp³-hybridized carbons (Fsp3) is 0.900. The second kappa shape index (κ2) is 2.63. The fourth-order valence-corrected chi connectivity index (χ4v) is 3.35. The molecule has 0 spiro atoms. The van der Waals surface area contributed by atoms with Gasteiger partial charge in [0.15, 0.2) is 0 Å². The summed E-state index contributed by atoms with van der Waals surface area (Å²) in [5.74, 6) is 2.17. The van der Waals surface area contributed by atoms with Gasteiger partial charge in [0.2, 0.25) is 0 Å². The van der Waals surface area contributed by atoms with Crippen molar-refractivity contribution in [3.63, 3.8) is 0 Å². The van der Waals surface area contributed by atoms with Crippen molar-refractivity contribution in [2.24, 2.45) is 17.3 Å². The summed E-state index contributed by atoms with van der Waals surface area (Å²) in [6, 6.07) is 0. The highest BCUT2D eigenvalue weighted by atomic mass is 35.5. The molecule has 0 aromatic heterocycles. The fourth-order valence-electron chi connectivity index (χ4n) is 3.35. The quantitative estimate of drug-likeness (QED) is 0.622. The van der Waals surface area contributed by atoms with E-state index >= 15 is 0 Å². The van der Waals surface area contributed by atoms with Crippen molar-refractivity contribution in [1.29, 1.82) is 5.41 Å². The second-order valence-corrected chi connectivity index (χ2v) is 5.19. The van der Waals surface area contributed by atoms with Gasteiger partial charge in [0.1, 0.15) is 0 Å². The third-order valence-corrected chi connectivity index (χ3v) is 4.16. The zero-order valence-electron chi connectivity index (χ0n) is 8.77. The molecule has 1 aliphatic heterocycles. The van der Waals surface area contributed by atoms with Crippen LogP contribution in [0.1, 0.15) is 34.1 Å². The van der Waals surface area contributed by atoms with Crippen molar-refractivity contribution in [3.05, 3.63) is 0 Å². The zero-order valence-corrected chi connectivity index (χ0v) is 9.59. The molecule has 1 aliphatic carbocycles. The molecule has 13 heavy (non-hydrogen) atoms. The molecule has 2 rings (SSSR count). The Balaban J connectivity index is 0.000000845. The SMILES string of the molecule is CC1CC(=N)NC2(C)C1C2(C)C.Cl. The number of amidine groups is 1. The predicted molar refractivity (Wildman–Crippen MR) is 57.6 cm³/mol. The Labute approximate surface area is 86.4 Å². The molecular formula is C10H19ClN2. The maximum atomic E-state index is 7.67. The summed E-state index contributed by atoms with van der Waals surface area (Å²) in [6.07, 6.45) is 0.934. The van der Waals surface area contributed by atoms with Gasteiger partial charge in [-0.05, 0) is 24.2 Å². The van der Waals surface area contributed by atoms with Crippen LogP contribution in [0.2, 0.25) is 0 Å². The lowest BCUT2D eigenvalue weighted by Crippen LogP contribution is -2.43. The molecular weight excluding hydrogens is 184 g/mol. The number of hydrogen-bond acceptors (Lipinski definition) is 1. The lowest BCUT2D eigenvalue weighted by molar-refractivity contribution is 0.408. The van der Waals surface area contributed by atoms with Crippen LogP contribution in [0.3, 0.4) is 0 Å². The normalized spacial score (nSPS) is 45.7. The first-order chi connectivity index (χ1) is 5.39. The van der Waals surface area contributed by atoms with Gasteiger partial charge in [-0.25, -0.2) is 0 Å². The largest absolute Gasteiger partial charge is 0.368 e. The van der Waals surface area contributed by atoms with Crippen molar-refractivity contribution < 1.29 is 0 Å². The van der Waals surface area contributed by atoms with Crippen LogP contribution in [-0.2, 0) is 0 Å². The summed E-state index contributed by atoms with van der Waals surface area (Å²) in [6.45, 7) is 9.13. The molecule has 0 amide bonds. The molecule has 0 aromatic carbocycles. The van der Waals surface area contributed by atoms with E-state index in [1.54, 1.807) is 0 Å². The van der Waals surface area contributed by atoms with Crippen LogP contribution in [0.5, 0.6) is 0 Å². The van der Waals surface area contributed by atoms with E-state index in [0.29, 0.717) is 11.3 Å². The Morgan fingerprint density at radius 3 is 2.38 bits per heavy atom. The van der Waals surface area contributed by atoms with Gasteiger partial charge in [0.05, 0.1) is 5.84 Å². The summed E-state index contributed by atoms with van der Waals surface area (Å²) >= 11 is 0. The molecule has 3 unspecified atom stereocenters. The summed E-state index contributed by atoms with van der Waals surface area (Å²) in [5, 5.41) is 11.0. The predicted octanol–water partition coefficient (Wildman–Crippen LogP) is 2.43. The Morgan fingerprint density at radius 2 is 1.92 bits per heavy atom. The minimum atomic E-state index is 0. The third-order valence-electron chi connectivity index (χ3n) is 4.16. The molecule has 2 N–H and O–H groups in total. The first-order valence-corrected chi connectivity index (χ1v) is 4.75. The minimum absolute atomic E-state index is 0. The lowest BCUT2D eigenvalue weighted by atomic mass is 9.93. The summed E-state index contributed by atoms with van der Waals surface area (Å²) < 4.78 is 0. The van der Waals surface area contributed by atoms with Gasteiger partial charge in [-0.1, -0.05) is 20.8 Å². The van der Waals surface area contributed by atoms with E-state index < -0.39 is 0 Å². The highest BCUT2D eigenvalue weighted by Crippen LogP contribution is 2.66. The Bertz CT molecular complexity index is 249. The Hall–Kier alpha value is -0.240. The van der Waals surface area contributed by atoms with Crippen molar-refractivity contribution >= 4 is 18.2 Å². The highest BCUT2D eigenvalue weighted by Gasteiger charge is 2.71. The van der Waals surface area contributed by atoms with Gasteiger partial charge in [0.25, 0.3) is 0 Å². The molecule has 3 atom stereocenters. The highest BCUT2D eigenvalue weighted by molar-refractivity contribution is 5.85. The van der Waals surface area contributed by atoms with Gasteiger partial charge in [0, 0.05) is 12.0 Å². The van der Waals surface area contributed by atoms with E-state index in [1.165, 1.54) is 0 Å². The first kappa shape index (κ1) is 10.8. The molecule has 3 heteroatoms. The van der Waals surface area contributed by atoms with Crippen LogP contribution in [0.25, 0.3) is 0 Å². The molecule has 1 saturated heterocycles. The van der Waals surface area contributed by atoms with E-state index in [4.69, 9.17) is 5.41 Å². The van der Waals surface area contributed by atoms with Crippen molar-refractivity contribution in [2.45, 2.75) is 39.7 Å². The lowest BCUT2D eigenvalue weighted by Gasteiger charge is -2.26. The molecule has 1 saturated carbocycles. The minimum Gasteiger partial charge on any atom is -0.368 e. The van der Waals surface area contributed by atoms with E-state index in [0.717, 1.165) is 18.2 Å². The Morgan fingerprint density at radius 1 is 1.38 bits per heavy atom. The van der Waals surface area contributed by atoms with Crippen LogP contribution in [0.4, 0.5) is 0 Å². The van der Waals surface area contributed by atoms with Crippen molar-refractivity contribution in [3.8, 4) is 0 Å². The molecule has 1 heterocycles. The van der Waals surface area contributed by atoms with E-state index in [1.807, 2.05) is 0 Å². The van der Waals surface area contributed by atoms with Gasteiger partial charge in [-0.2, -0.15) is 0 Å². The van der Waals surface area contributed by atoms with Crippen LogP contribution < -0.4 is 5.32 Å². The topological polar surface area (TPSA) is 35.9 Å². The van der Waals surface area contributed by atoms with Crippen LogP contribution in [0, 0.1) is 22.7 Å². The standard InChI is InChI=1S/C10H18N2.ClH/c1-6-5-7(11)12-10(4)8(6)9(10,2)3;/h6,8H,5H2,1-4H3,(H2,11,12);1H. The van der Waals surface area contributed by atoms with Crippen molar-refractivity contribution in [2.75, 3.05) is 0 Å². The number of nitrogens with one attached hydrogen (secondary N) is 2. The summed E-state index contributed by atoms with van der Waals surface area (Å²) in [7, 11) is 0. The number of halogens is 1. The molecule has 0 bridgehead atoms. The number of hydrogen-bond donors (Lipinski definition) is 2. The third kappa shape index (κ3) is 1.11. The first-order valence-electron chi connectivity index (χ1n) is 4.75. The maximum Gasteiger partial charge on any atom is 0.0938 e. The molecule has 0 aromatic rings. The number of piperidine rings is 1. The number of rotatable bonds is 0. The van der Waals surface area contributed by atoms with Crippen LogP contribution >= 0.6 is 12.4 Å². The average molecular weight is 203 g/mol. The monoisotopic (exact) mass is 202 g/mol. The molecule has 76 valence electrons. The van der Waals surface area contributed by atoms with E-state index in [2.05, 4.69) is 33.0 Å². The second-order valence-electron chi connectivity index (χ2n) is 5.19. The molecule has 2 fully saturated rings. The molecule has 0 radical (unpaired) electrons. The van der Waals surface area contributed by atoms with Gasteiger partial charge >= 0.3 is 0 Å². The van der Waals surface area contributed by atoms with Gasteiger partial charge < -0.3 is 5.32 Å². The van der Waals surface area contributed by atoms with E-state index in [9.17, 15) is 0 Å². The summed E-state index contributed by atoms with van der Waals surface area (Å²) in [5.41, 5.74) is 0.594. The Kier molecular flexibility index (Phi) is 2.19. The zero-order chi connectivity index (χ0) is 9.15. The van der Waals surface area contributed by atoms with Crippen molar-refractivity contribution in [1.82, 2.24) is 5.32 Å². The van der Waals surface area contributed by atoms with Gasteiger partial charge in [-0.15, -0.1) is 12.4 Å². The van der Waals surface area contributed by atoms with Gasteiger partial charge in [-0.3, -0.25) is 5.41 Å². The molecule has 2 aliphatic rings. The van der Waals surface area contributed by atoms with Crippen LogP contribution in [-0.4, -0.2) is 11.4 Å². The van der Waals surface area contributed by atoms with Crippen LogP contribution in [0.15, 0.2) is 0 Å². The smallest absolute Gasteiger partial charge is 0.0938 e. The average Bonchev–Trinajstić information content (AvgIpc) is 2.24. The maximum absolute atomic E-state index is 7.67. The molecule has 2 nitrogen and oxygen atoms in total. The van der Waals surface area contributed by atoms with E-state index in [-0.39, 0.29) is 17.9 Å².